The minimum absolute atomic E-state index is 0.306. The topological polar surface area (TPSA) is 35.6 Å². The van der Waals surface area contributed by atoms with Gasteiger partial charge in [-0.2, -0.15) is 0 Å². The minimum atomic E-state index is 0.306. The van der Waals surface area contributed by atoms with Crippen LogP contribution in [0.5, 0.6) is 0 Å². The molecule has 0 unspecified atom stereocenters. The van der Waals surface area contributed by atoms with Crippen LogP contribution >= 0.6 is 0 Å². The van der Waals surface area contributed by atoms with Crippen LogP contribution in [-0.4, -0.2) is 61.0 Å². The molecule has 0 radical (unpaired) electrons. The fourth-order valence-electron chi connectivity index (χ4n) is 2.28. The van der Waals surface area contributed by atoms with Gasteiger partial charge in [0, 0.05) is 38.8 Å². The lowest BCUT2D eigenvalue weighted by Crippen LogP contribution is -2.50. The number of amides is 1. The number of hydrogen-bond acceptors (Lipinski definition) is 3. The van der Waals surface area contributed by atoms with E-state index >= 15 is 0 Å². The fourth-order valence-corrected chi connectivity index (χ4v) is 2.28. The molecule has 1 aliphatic heterocycles. The summed E-state index contributed by atoms with van der Waals surface area (Å²) >= 11 is 0. The van der Waals surface area contributed by atoms with Gasteiger partial charge >= 0.3 is 0 Å². The van der Waals surface area contributed by atoms with Crippen molar-refractivity contribution in [3.05, 3.63) is 0 Å². The van der Waals surface area contributed by atoms with Crippen LogP contribution in [0.25, 0.3) is 0 Å². The Morgan fingerprint density at radius 2 is 2.00 bits per heavy atom. The average molecular weight is 239 g/mol. The van der Waals surface area contributed by atoms with Crippen LogP contribution in [-0.2, 0) is 4.79 Å². The van der Waals surface area contributed by atoms with E-state index in [9.17, 15) is 4.79 Å². The summed E-state index contributed by atoms with van der Waals surface area (Å²) in [5, 5.41) is 3.28. The number of piperazine rings is 1. The van der Waals surface area contributed by atoms with Crippen molar-refractivity contribution in [1.82, 2.24) is 15.1 Å². The van der Waals surface area contributed by atoms with E-state index in [1.165, 1.54) is 12.8 Å². The summed E-state index contributed by atoms with van der Waals surface area (Å²) in [4.78, 5) is 16.5. The van der Waals surface area contributed by atoms with Gasteiger partial charge in [0.25, 0.3) is 0 Å². The molecule has 0 atom stereocenters. The molecule has 17 heavy (non-hydrogen) atoms. The number of nitrogens with zero attached hydrogens (tertiary/aromatic N) is 2. The Morgan fingerprint density at radius 3 is 2.53 bits per heavy atom. The zero-order valence-corrected chi connectivity index (χ0v) is 11.1. The Bertz CT molecular complexity index is 257. The van der Waals surface area contributed by atoms with Gasteiger partial charge < -0.3 is 10.2 Å². The molecule has 1 aliphatic carbocycles. The number of rotatable bonds is 5. The monoisotopic (exact) mass is 239 g/mol. The first-order valence-corrected chi connectivity index (χ1v) is 6.89. The maximum atomic E-state index is 12.2. The predicted octanol–water partition coefficient (Wildman–Crippen LogP) is 0.539. The maximum Gasteiger partial charge on any atom is 0.236 e. The van der Waals surface area contributed by atoms with Crippen molar-refractivity contribution >= 4 is 5.91 Å². The normalized spacial score (nSPS) is 21.3. The summed E-state index contributed by atoms with van der Waals surface area (Å²) in [5.41, 5.74) is 0. The van der Waals surface area contributed by atoms with Gasteiger partial charge in [-0.1, -0.05) is 0 Å². The Morgan fingerprint density at radius 1 is 1.35 bits per heavy atom. The molecule has 2 fully saturated rings. The third kappa shape index (κ3) is 3.96. The molecule has 0 aromatic carbocycles. The number of nitrogens with one attached hydrogen (secondary N) is 1. The zero-order chi connectivity index (χ0) is 12.3. The summed E-state index contributed by atoms with van der Waals surface area (Å²) in [6.45, 7) is 9.71. The second-order valence-corrected chi connectivity index (χ2v) is 5.60. The zero-order valence-electron chi connectivity index (χ0n) is 11.1. The second kappa shape index (κ2) is 5.83. The molecule has 1 saturated carbocycles. The van der Waals surface area contributed by atoms with Crippen molar-refractivity contribution in [3.63, 3.8) is 0 Å². The van der Waals surface area contributed by atoms with Gasteiger partial charge in [-0.15, -0.1) is 0 Å². The van der Waals surface area contributed by atoms with Gasteiger partial charge in [0.15, 0.2) is 0 Å². The molecule has 0 aromatic heterocycles. The lowest BCUT2D eigenvalue weighted by molar-refractivity contribution is -0.133. The van der Waals surface area contributed by atoms with Crippen molar-refractivity contribution in [3.8, 4) is 0 Å². The van der Waals surface area contributed by atoms with E-state index in [0.717, 1.165) is 38.6 Å². The molecule has 4 nitrogen and oxygen atoms in total. The van der Waals surface area contributed by atoms with Crippen molar-refractivity contribution in [2.24, 2.45) is 5.92 Å². The van der Waals surface area contributed by atoms with E-state index in [1.54, 1.807) is 0 Å². The Balaban J connectivity index is 1.80. The molecule has 1 heterocycles. The molecule has 0 spiro atoms. The van der Waals surface area contributed by atoms with Crippen molar-refractivity contribution in [2.75, 3.05) is 39.3 Å². The van der Waals surface area contributed by atoms with E-state index in [4.69, 9.17) is 0 Å². The summed E-state index contributed by atoms with van der Waals surface area (Å²) in [5.74, 6) is 1.16. The molecule has 1 amide bonds. The Kier molecular flexibility index (Phi) is 4.40. The highest BCUT2D eigenvalue weighted by atomic mass is 16.2. The largest absolute Gasteiger partial charge is 0.339 e. The highest BCUT2D eigenvalue weighted by molar-refractivity contribution is 5.78. The lowest BCUT2D eigenvalue weighted by Gasteiger charge is -2.32. The highest BCUT2D eigenvalue weighted by Gasteiger charge is 2.27. The summed E-state index contributed by atoms with van der Waals surface area (Å²) < 4.78 is 0. The van der Waals surface area contributed by atoms with Gasteiger partial charge in [-0.25, -0.2) is 0 Å². The summed E-state index contributed by atoms with van der Waals surface area (Å²) in [6.07, 6.45) is 2.70. The standard InChI is InChI=1S/C13H25N3O/c1-11(2)16(9-12-3-4-12)10-13(17)15-7-5-14-6-8-15/h11-12,14H,3-10H2,1-2H3. The van der Waals surface area contributed by atoms with Crippen molar-refractivity contribution in [1.29, 1.82) is 0 Å². The second-order valence-electron chi connectivity index (χ2n) is 5.60. The molecule has 0 bridgehead atoms. The molecular formula is C13H25N3O. The van der Waals surface area contributed by atoms with E-state index in [-0.39, 0.29) is 0 Å². The van der Waals surface area contributed by atoms with Gasteiger partial charge in [0.2, 0.25) is 5.91 Å². The molecule has 1 saturated heterocycles. The SMILES string of the molecule is CC(C)N(CC(=O)N1CCNCC1)CC1CC1. The predicted molar refractivity (Wildman–Crippen MR) is 68.9 cm³/mol. The van der Waals surface area contributed by atoms with E-state index in [2.05, 4.69) is 24.1 Å². The Labute approximate surface area is 104 Å². The molecule has 2 aliphatic rings. The molecule has 98 valence electrons. The van der Waals surface area contributed by atoms with Crippen LogP contribution in [0.15, 0.2) is 0 Å². The molecule has 0 aromatic rings. The molecular weight excluding hydrogens is 214 g/mol. The van der Waals surface area contributed by atoms with Crippen LogP contribution < -0.4 is 5.32 Å². The molecule has 2 rings (SSSR count). The third-order valence-corrected chi connectivity index (χ3v) is 3.73. The van der Waals surface area contributed by atoms with Crippen molar-refractivity contribution in [2.45, 2.75) is 32.7 Å². The minimum Gasteiger partial charge on any atom is -0.339 e. The first kappa shape index (κ1) is 12.8. The smallest absolute Gasteiger partial charge is 0.236 e. The van der Waals surface area contributed by atoms with Gasteiger partial charge in [0.05, 0.1) is 6.54 Å². The number of carbonyl (C=O) groups is 1. The summed E-state index contributed by atoms with van der Waals surface area (Å²) in [6, 6.07) is 0.475. The van der Waals surface area contributed by atoms with Crippen molar-refractivity contribution < 1.29 is 4.79 Å². The van der Waals surface area contributed by atoms with Gasteiger partial charge in [-0.3, -0.25) is 9.69 Å². The highest BCUT2D eigenvalue weighted by Crippen LogP contribution is 2.30. The molecule has 1 N–H and O–H groups in total. The van der Waals surface area contributed by atoms with Crippen LogP contribution in [0.1, 0.15) is 26.7 Å². The Hall–Kier alpha value is -0.610. The number of hydrogen-bond donors (Lipinski definition) is 1. The van der Waals surface area contributed by atoms with Gasteiger partial charge in [0.1, 0.15) is 0 Å². The summed E-state index contributed by atoms with van der Waals surface area (Å²) in [7, 11) is 0. The maximum absolute atomic E-state index is 12.2. The van der Waals surface area contributed by atoms with E-state index in [1.807, 2.05) is 4.90 Å². The van der Waals surface area contributed by atoms with E-state index < -0.39 is 0 Å². The van der Waals surface area contributed by atoms with Gasteiger partial charge in [-0.05, 0) is 32.6 Å². The first-order valence-electron chi connectivity index (χ1n) is 6.89. The van der Waals surface area contributed by atoms with Crippen LogP contribution in [0.3, 0.4) is 0 Å². The lowest BCUT2D eigenvalue weighted by atomic mass is 10.2. The van der Waals surface area contributed by atoms with Crippen LogP contribution in [0.2, 0.25) is 0 Å². The van der Waals surface area contributed by atoms with E-state index in [0.29, 0.717) is 18.5 Å². The van der Waals surface area contributed by atoms with Crippen LogP contribution in [0, 0.1) is 5.92 Å². The number of carbonyl (C=O) groups excluding carboxylic acids is 1. The molecule has 4 heteroatoms. The average Bonchev–Trinajstić information content (AvgIpc) is 3.13. The first-order chi connectivity index (χ1) is 8.16. The van der Waals surface area contributed by atoms with Crippen LogP contribution in [0.4, 0.5) is 0 Å². The third-order valence-electron chi connectivity index (χ3n) is 3.73. The quantitative estimate of drug-likeness (QED) is 0.760. The fraction of sp³-hybridized carbons (Fsp3) is 0.923.